The van der Waals surface area contributed by atoms with Crippen LogP contribution in [0.5, 0.6) is 0 Å². The third-order valence-corrected chi connectivity index (χ3v) is 4.36. The van der Waals surface area contributed by atoms with Gasteiger partial charge in [0.05, 0.1) is 11.8 Å². The number of carbonyl (C=O) groups excluding carboxylic acids is 1. The summed E-state index contributed by atoms with van der Waals surface area (Å²) in [5.41, 5.74) is 0.440. The highest BCUT2D eigenvalue weighted by Gasteiger charge is 2.44. The number of hydrogen-bond acceptors (Lipinski definition) is 3. The van der Waals surface area contributed by atoms with Crippen molar-refractivity contribution in [1.82, 2.24) is 15.2 Å². The van der Waals surface area contributed by atoms with E-state index >= 15 is 0 Å². The second kappa shape index (κ2) is 4.89. The first-order chi connectivity index (χ1) is 9.20. The van der Waals surface area contributed by atoms with Crippen molar-refractivity contribution in [3.05, 3.63) is 29.8 Å². The van der Waals surface area contributed by atoms with Gasteiger partial charge in [0.15, 0.2) is 0 Å². The first-order valence-electron chi connectivity index (χ1n) is 6.83. The number of pyridine rings is 1. The van der Waals surface area contributed by atoms with Crippen LogP contribution in [0.25, 0.3) is 0 Å². The molecule has 1 N–H and O–H groups in total. The van der Waals surface area contributed by atoms with Gasteiger partial charge in [-0.25, -0.2) is 4.39 Å². The standard InChI is InChI=1S/C14H18FN3O/c15-12-7-11(8-16-9-12)13(19)17-10-14-3-1-5-18(14)6-2-4-14/h7-9H,1-6,10H2,(H,17,19). The Bertz CT molecular complexity index is 481. The summed E-state index contributed by atoms with van der Waals surface area (Å²) in [6.07, 6.45) is 7.21. The van der Waals surface area contributed by atoms with Crippen LogP contribution in [0.1, 0.15) is 36.0 Å². The van der Waals surface area contributed by atoms with Gasteiger partial charge >= 0.3 is 0 Å². The molecule has 0 spiro atoms. The molecule has 1 aromatic heterocycles. The van der Waals surface area contributed by atoms with Gasteiger partial charge in [0.1, 0.15) is 5.82 Å². The quantitative estimate of drug-likeness (QED) is 0.900. The van der Waals surface area contributed by atoms with Crippen molar-refractivity contribution in [1.29, 1.82) is 0 Å². The van der Waals surface area contributed by atoms with E-state index in [2.05, 4.69) is 15.2 Å². The number of hydrogen-bond donors (Lipinski definition) is 1. The second-order valence-corrected chi connectivity index (χ2v) is 5.49. The van der Waals surface area contributed by atoms with Gasteiger partial charge in [-0.3, -0.25) is 14.7 Å². The molecule has 0 radical (unpaired) electrons. The van der Waals surface area contributed by atoms with E-state index in [1.54, 1.807) is 0 Å². The summed E-state index contributed by atoms with van der Waals surface area (Å²) in [6, 6.07) is 1.22. The maximum absolute atomic E-state index is 13.0. The fraction of sp³-hybridized carbons (Fsp3) is 0.571. The van der Waals surface area contributed by atoms with Crippen LogP contribution in [0.15, 0.2) is 18.5 Å². The van der Waals surface area contributed by atoms with Crippen LogP contribution in [0.2, 0.25) is 0 Å². The molecule has 0 saturated carbocycles. The number of aromatic nitrogens is 1. The van der Waals surface area contributed by atoms with Crippen LogP contribution in [-0.2, 0) is 0 Å². The monoisotopic (exact) mass is 263 g/mol. The Morgan fingerprint density at radius 2 is 2.11 bits per heavy atom. The number of fused-ring (bicyclic) bond motifs is 1. The average molecular weight is 263 g/mol. The van der Waals surface area contributed by atoms with Gasteiger partial charge < -0.3 is 5.32 Å². The minimum atomic E-state index is -0.478. The van der Waals surface area contributed by atoms with E-state index < -0.39 is 5.82 Å². The smallest absolute Gasteiger partial charge is 0.253 e. The SMILES string of the molecule is O=C(NCC12CCCN1CCC2)c1cncc(F)c1. The Hall–Kier alpha value is -1.49. The zero-order valence-corrected chi connectivity index (χ0v) is 10.9. The highest BCUT2D eigenvalue weighted by molar-refractivity contribution is 5.93. The van der Waals surface area contributed by atoms with Gasteiger partial charge in [-0.1, -0.05) is 0 Å². The lowest BCUT2D eigenvalue weighted by Crippen LogP contribution is -2.48. The Morgan fingerprint density at radius 1 is 1.37 bits per heavy atom. The van der Waals surface area contributed by atoms with Gasteiger partial charge in [0, 0.05) is 18.3 Å². The molecule has 4 nitrogen and oxygen atoms in total. The van der Waals surface area contributed by atoms with Crippen LogP contribution in [0, 0.1) is 5.82 Å². The number of halogens is 1. The average Bonchev–Trinajstić information content (AvgIpc) is 2.95. The molecular formula is C14H18FN3O. The molecule has 0 bridgehead atoms. The predicted octanol–water partition coefficient (Wildman–Crippen LogP) is 1.58. The topological polar surface area (TPSA) is 45.2 Å². The Kier molecular flexibility index (Phi) is 3.22. The fourth-order valence-electron chi connectivity index (χ4n) is 3.40. The molecule has 2 fully saturated rings. The van der Waals surface area contributed by atoms with Crippen molar-refractivity contribution in [3.63, 3.8) is 0 Å². The van der Waals surface area contributed by atoms with Gasteiger partial charge in [0.2, 0.25) is 0 Å². The molecule has 0 aromatic carbocycles. The van der Waals surface area contributed by atoms with Crippen LogP contribution in [0.3, 0.4) is 0 Å². The zero-order valence-electron chi connectivity index (χ0n) is 10.9. The highest BCUT2D eigenvalue weighted by Crippen LogP contribution is 2.38. The molecule has 2 aliphatic rings. The van der Waals surface area contributed by atoms with Gasteiger partial charge in [-0.2, -0.15) is 0 Å². The molecule has 0 aliphatic carbocycles. The van der Waals surface area contributed by atoms with Gasteiger partial charge in [-0.05, 0) is 44.8 Å². The third kappa shape index (κ3) is 2.34. The number of nitrogens with one attached hydrogen (secondary N) is 1. The Balaban J connectivity index is 1.65. The third-order valence-electron chi connectivity index (χ3n) is 4.36. The molecular weight excluding hydrogens is 245 g/mol. The first kappa shape index (κ1) is 12.5. The van der Waals surface area contributed by atoms with Crippen molar-refractivity contribution in [2.24, 2.45) is 0 Å². The highest BCUT2D eigenvalue weighted by atomic mass is 19.1. The van der Waals surface area contributed by atoms with E-state index in [-0.39, 0.29) is 11.4 Å². The summed E-state index contributed by atoms with van der Waals surface area (Å²) in [4.78, 5) is 18.2. The van der Waals surface area contributed by atoms with Gasteiger partial charge in [-0.15, -0.1) is 0 Å². The lowest BCUT2D eigenvalue weighted by molar-refractivity contribution is 0.0918. The van der Waals surface area contributed by atoms with Crippen LogP contribution >= 0.6 is 0 Å². The summed E-state index contributed by atoms with van der Waals surface area (Å²) in [7, 11) is 0. The summed E-state index contributed by atoms with van der Waals surface area (Å²) in [5.74, 6) is -0.714. The Morgan fingerprint density at radius 3 is 2.79 bits per heavy atom. The molecule has 0 atom stereocenters. The van der Waals surface area contributed by atoms with Gasteiger partial charge in [0.25, 0.3) is 5.91 Å². The maximum Gasteiger partial charge on any atom is 0.253 e. The largest absolute Gasteiger partial charge is 0.350 e. The van der Waals surface area contributed by atoms with E-state index in [0.29, 0.717) is 12.1 Å². The zero-order chi connectivity index (χ0) is 13.3. The minimum Gasteiger partial charge on any atom is -0.350 e. The summed E-state index contributed by atoms with van der Waals surface area (Å²) in [6.45, 7) is 2.93. The number of amides is 1. The molecule has 102 valence electrons. The normalized spacial score (nSPS) is 21.3. The minimum absolute atomic E-state index is 0.149. The molecule has 3 rings (SSSR count). The van der Waals surface area contributed by atoms with E-state index in [4.69, 9.17) is 0 Å². The molecule has 3 heterocycles. The lowest BCUT2D eigenvalue weighted by atomic mass is 9.94. The van der Waals surface area contributed by atoms with Crippen LogP contribution in [-0.4, -0.2) is 41.0 Å². The number of carbonyl (C=O) groups is 1. The summed E-state index contributed by atoms with van der Waals surface area (Å²) >= 11 is 0. The molecule has 2 aliphatic heterocycles. The van der Waals surface area contributed by atoms with Crippen molar-refractivity contribution in [2.75, 3.05) is 19.6 Å². The second-order valence-electron chi connectivity index (χ2n) is 5.49. The van der Waals surface area contributed by atoms with Crippen LogP contribution < -0.4 is 5.32 Å². The molecule has 1 amide bonds. The van der Waals surface area contributed by atoms with Crippen LogP contribution in [0.4, 0.5) is 4.39 Å². The van der Waals surface area contributed by atoms with Crippen molar-refractivity contribution in [2.45, 2.75) is 31.2 Å². The fourth-order valence-corrected chi connectivity index (χ4v) is 3.40. The maximum atomic E-state index is 13.0. The van der Waals surface area contributed by atoms with E-state index in [0.717, 1.165) is 32.1 Å². The first-order valence-corrected chi connectivity index (χ1v) is 6.83. The lowest BCUT2D eigenvalue weighted by Gasteiger charge is -2.32. The van der Waals surface area contributed by atoms with E-state index in [1.807, 2.05) is 0 Å². The molecule has 0 unspecified atom stereocenters. The summed E-state index contributed by atoms with van der Waals surface area (Å²) in [5, 5.41) is 2.94. The van der Waals surface area contributed by atoms with E-state index in [1.165, 1.54) is 25.1 Å². The van der Waals surface area contributed by atoms with E-state index in [9.17, 15) is 9.18 Å². The van der Waals surface area contributed by atoms with Crippen molar-refractivity contribution < 1.29 is 9.18 Å². The van der Waals surface area contributed by atoms with Crippen molar-refractivity contribution in [3.8, 4) is 0 Å². The molecule has 1 aromatic rings. The molecule has 19 heavy (non-hydrogen) atoms. The molecule has 2 saturated heterocycles. The Labute approximate surface area is 112 Å². The predicted molar refractivity (Wildman–Crippen MR) is 69.3 cm³/mol. The number of rotatable bonds is 3. The van der Waals surface area contributed by atoms with Crippen molar-refractivity contribution >= 4 is 5.91 Å². The molecule has 5 heteroatoms. The summed E-state index contributed by atoms with van der Waals surface area (Å²) < 4.78 is 13.0. The number of nitrogens with zero attached hydrogens (tertiary/aromatic N) is 2.